The molecule has 1 heterocycles. The highest BCUT2D eigenvalue weighted by Gasteiger charge is 2.22. The lowest BCUT2D eigenvalue weighted by Crippen LogP contribution is -2.92. The predicted octanol–water partition coefficient (Wildman–Crippen LogP) is 0.844. The molecule has 3 heteroatoms. The summed E-state index contributed by atoms with van der Waals surface area (Å²) in [4.78, 5) is 15.9. The zero-order chi connectivity index (χ0) is 9.26. The second kappa shape index (κ2) is 3.11. The van der Waals surface area contributed by atoms with E-state index < -0.39 is 0 Å². The summed E-state index contributed by atoms with van der Waals surface area (Å²) < 4.78 is 0. The number of benzene rings is 1. The Labute approximate surface area is 76.5 Å². The number of nitrogens with zero attached hydrogens (tertiary/aromatic N) is 1. The van der Waals surface area contributed by atoms with Crippen molar-refractivity contribution in [1.29, 1.82) is 0 Å². The summed E-state index contributed by atoms with van der Waals surface area (Å²) >= 11 is 0. The van der Waals surface area contributed by atoms with Crippen LogP contribution in [0.25, 0.3) is 0 Å². The largest absolute Gasteiger partial charge is 0.350 e. The van der Waals surface area contributed by atoms with Crippen LogP contribution >= 0.6 is 0 Å². The van der Waals surface area contributed by atoms with Gasteiger partial charge in [0.1, 0.15) is 5.56 Å². The molecule has 1 amide bonds. The molecule has 0 bridgehead atoms. The van der Waals surface area contributed by atoms with Crippen molar-refractivity contribution < 1.29 is 10.1 Å². The number of amidine groups is 1. The van der Waals surface area contributed by atoms with Crippen molar-refractivity contribution in [2.24, 2.45) is 4.99 Å². The average Bonchev–Trinajstić information content (AvgIpc) is 2.18. The van der Waals surface area contributed by atoms with Gasteiger partial charge >= 0.3 is 5.91 Å². The fourth-order valence-electron chi connectivity index (χ4n) is 1.38. The quantitative estimate of drug-likeness (QED) is 0.675. The van der Waals surface area contributed by atoms with Crippen molar-refractivity contribution in [3.63, 3.8) is 0 Å². The Balaban J connectivity index is 2.53. The van der Waals surface area contributed by atoms with Crippen LogP contribution in [0.2, 0.25) is 0 Å². The number of carbonyl (C=O) groups excluding carboxylic acids is 1. The number of aliphatic imine (C=N–C) groups is 1. The molecule has 0 fully saturated rings. The van der Waals surface area contributed by atoms with E-state index in [2.05, 4.69) is 4.99 Å². The number of amides is 1. The van der Waals surface area contributed by atoms with Crippen molar-refractivity contribution in [2.45, 2.75) is 13.3 Å². The fraction of sp³-hybridized carbons (Fsp3) is 0.200. The molecule has 0 unspecified atom stereocenters. The van der Waals surface area contributed by atoms with E-state index in [9.17, 15) is 4.79 Å². The molecule has 1 aliphatic rings. The summed E-state index contributed by atoms with van der Waals surface area (Å²) in [5.74, 6) is 0.936. The van der Waals surface area contributed by atoms with Crippen LogP contribution in [0.1, 0.15) is 23.7 Å². The van der Waals surface area contributed by atoms with Gasteiger partial charge in [0, 0.05) is 6.42 Å². The number of carbonyl (C=O) groups is 1. The number of primary amides is 1. The number of nitrogens with two attached hydrogens (primary N) is 1. The number of para-hydroxylation sites is 1. The van der Waals surface area contributed by atoms with Crippen molar-refractivity contribution in [1.82, 2.24) is 0 Å². The molecule has 0 aromatic heterocycles. The van der Waals surface area contributed by atoms with E-state index in [4.69, 9.17) is 0 Å². The molecule has 2 rings (SSSR count). The first kappa shape index (κ1) is 8.13. The van der Waals surface area contributed by atoms with Crippen molar-refractivity contribution in [3.8, 4) is 0 Å². The lowest BCUT2D eigenvalue weighted by molar-refractivity contribution is -0.433. The van der Waals surface area contributed by atoms with Gasteiger partial charge in [0.15, 0.2) is 0 Å². The van der Waals surface area contributed by atoms with E-state index in [0.29, 0.717) is 5.56 Å². The molecule has 0 spiro atoms. The maximum absolute atomic E-state index is 11.5. The minimum Gasteiger partial charge on any atom is -0.234 e. The van der Waals surface area contributed by atoms with Crippen molar-refractivity contribution >= 4 is 17.4 Å². The van der Waals surface area contributed by atoms with E-state index in [1.807, 2.05) is 31.2 Å². The zero-order valence-electron chi connectivity index (χ0n) is 7.45. The third kappa shape index (κ3) is 1.38. The van der Waals surface area contributed by atoms with E-state index >= 15 is 0 Å². The lowest BCUT2D eigenvalue weighted by Gasteiger charge is -2.09. The van der Waals surface area contributed by atoms with Gasteiger partial charge in [-0.25, -0.2) is 10.1 Å². The van der Waals surface area contributed by atoms with E-state index in [-0.39, 0.29) is 5.91 Å². The van der Waals surface area contributed by atoms with Crippen LogP contribution in [0.5, 0.6) is 0 Å². The highest BCUT2D eigenvalue weighted by atomic mass is 16.1. The molecule has 1 aromatic rings. The number of rotatable bonds is 1. The van der Waals surface area contributed by atoms with E-state index in [0.717, 1.165) is 17.9 Å². The van der Waals surface area contributed by atoms with Gasteiger partial charge in [0.25, 0.3) is 0 Å². The summed E-state index contributed by atoms with van der Waals surface area (Å²) in [7, 11) is 0. The van der Waals surface area contributed by atoms with E-state index in [1.54, 1.807) is 5.32 Å². The zero-order valence-corrected chi connectivity index (χ0v) is 7.45. The minimum absolute atomic E-state index is 0.0717. The van der Waals surface area contributed by atoms with Crippen LogP contribution in [0, 0.1) is 0 Å². The molecule has 1 aliphatic heterocycles. The van der Waals surface area contributed by atoms with Gasteiger partial charge < -0.3 is 0 Å². The average molecular weight is 175 g/mol. The third-order valence-electron chi connectivity index (χ3n) is 2.09. The SMILES string of the molecule is CCC1=Nc2ccccc2C(=O)[NH2+]1. The third-order valence-corrected chi connectivity index (χ3v) is 2.09. The lowest BCUT2D eigenvalue weighted by atomic mass is 10.1. The molecule has 2 N–H and O–H groups in total. The van der Waals surface area contributed by atoms with Gasteiger partial charge in [-0.15, -0.1) is 0 Å². The molecule has 66 valence electrons. The van der Waals surface area contributed by atoms with Gasteiger partial charge in [-0.1, -0.05) is 19.1 Å². The van der Waals surface area contributed by atoms with Gasteiger partial charge in [0.05, 0.1) is 5.69 Å². The van der Waals surface area contributed by atoms with Crippen LogP contribution < -0.4 is 5.32 Å². The van der Waals surface area contributed by atoms with E-state index in [1.165, 1.54) is 0 Å². The second-order valence-electron chi connectivity index (χ2n) is 2.98. The minimum atomic E-state index is 0.0717. The highest BCUT2D eigenvalue weighted by molar-refractivity contribution is 6.01. The molecular weight excluding hydrogens is 164 g/mol. The Morgan fingerprint density at radius 1 is 1.38 bits per heavy atom. The Hall–Kier alpha value is -1.48. The smallest absolute Gasteiger partial charge is 0.234 e. The maximum Gasteiger partial charge on any atom is 0.350 e. The van der Waals surface area contributed by atoms with Crippen LogP contribution in [-0.2, 0) is 0 Å². The summed E-state index contributed by atoms with van der Waals surface area (Å²) in [5.41, 5.74) is 1.51. The van der Waals surface area contributed by atoms with Crippen LogP contribution in [0.4, 0.5) is 5.69 Å². The molecule has 3 nitrogen and oxygen atoms in total. The standard InChI is InChI=1S/C10H10N2O/c1-2-9-11-8-6-4-3-5-7(8)10(13)12-9/h3-6H,2H2,1H3,(H,11,12,13)/p+1. The fourth-order valence-corrected chi connectivity index (χ4v) is 1.38. The topological polar surface area (TPSA) is 46.0 Å². The Morgan fingerprint density at radius 2 is 2.15 bits per heavy atom. The van der Waals surface area contributed by atoms with Crippen LogP contribution in [-0.4, -0.2) is 11.7 Å². The Bertz CT molecular complexity index is 382. The Kier molecular flexibility index (Phi) is 1.94. The monoisotopic (exact) mass is 175 g/mol. The summed E-state index contributed by atoms with van der Waals surface area (Å²) in [6.07, 6.45) is 0.806. The van der Waals surface area contributed by atoms with Crippen molar-refractivity contribution in [3.05, 3.63) is 29.8 Å². The summed E-state index contributed by atoms with van der Waals surface area (Å²) in [6, 6.07) is 7.44. The van der Waals surface area contributed by atoms with Crippen molar-refractivity contribution in [2.75, 3.05) is 0 Å². The van der Waals surface area contributed by atoms with Gasteiger partial charge in [-0.05, 0) is 12.1 Å². The number of quaternary nitrogens is 1. The molecular formula is C10H11N2O+. The Morgan fingerprint density at radius 3 is 2.92 bits per heavy atom. The second-order valence-corrected chi connectivity index (χ2v) is 2.98. The van der Waals surface area contributed by atoms with Gasteiger partial charge in [-0.2, -0.15) is 4.99 Å². The predicted molar refractivity (Wildman–Crippen MR) is 50.1 cm³/mol. The summed E-state index contributed by atoms with van der Waals surface area (Å²) in [6.45, 7) is 2.00. The number of hydrogen-bond acceptors (Lipinski definition) is 2. The molecule has 0 saturated carbocycles. The molecule has 13 heavy (non-hydrogen) atoms. The number of fused-ring (bicyclic) bond motifs is 1. The molecule has 0 aliphatic carbocycles. The first-order valence-corrected chi connectivity index (χ1v) is 4.37. The first-order valence-electron chi connectivity index (χ1n) is 4.37. The first-order chi connectivity index (χ1) is 6.31. The summed E-state index contributed by atoms with van der Waals surface area (Å²) in [5, 5.41) is 1.61. The maximum atomic E-state index is 11.5. The number of hydrogen-bond donors (Lipinski definition) is 1. The molecule has 0 saturated heterocycles. The highest BCUT2D eigenvalue weighted by Crippen LogP contribution is 2.19. The normalized spacial score (nSPS) is 15.2. The van der Waals surface area contributed by atoms with Crippen LogP contribution in [0.3, 0.4) is 0 Å². The molecule has 0 atom stereocenters. The molecule has 1 aromatic carbocycles. The molecule has 0 radical (unpaired) electrons. The van der Waals surface area contributed by atoms with Gasteiger partial charge in [-0.3, -0.25) is 0 Å². The van der Waals surface area contributed by atoms with Crippen LogP contribution in [0.15, 0.2) is 29.3 Å². The van der Waals surface area contributed by atoms with Gasteiger partial charge in [0.2, 0.25) is 5.84 Å².